The van der Waals surface area contributed by atoms with Gasteiger partial charge in [-0.3, -0.25) is 14.6 Å². The minimum absolute atomic E-state index is 0.231. The monoisotopic (exact) mass is 346 g/mol. The van der Waals surface area contributed by atoms with Gasteiger partial charge in [-0.1, -0.05) is 0 Å². The number of methoxy groups -OCH3 is 1. The van der Waals surface area contributed by atoms with E-state index in [9.17, 15) is 14.4 Å². The molecule has 0 bridgehead atoms. The molecule has 0 aliphatic carbocycles. The highest BCUT2D eigenvalue weighted by atomic mass is 32.1. The summed E-state index contributed by atoms with van der Waals surface area (Å²) in [6.45, 7) is 0.611. The molecule has 8 nitrogen and oxygen atoms in total. The molecule has 3 rings (SSSR count). The Labute approximate surface area is 141 Å². The molecule has 0 aromatic carbocycles. The van der Waals surface area contributed by atoms with E-state index < -0.39 is 5.97 Å². The van der Waals surface area contributed by atoms with Crippen molar-refractivity contribution in [2.75, 3.05) is 25.5 Å². The van der Waals surface area contributed by atoms with Gasteiger partial charge in [0.25, 0.3) is 5.91 Å². The lowest BCUT2D eigenvalue weighted by atomic mass is 9.98. The summed E-state index contributed by atoms with van der Waals surface area (Å²) < 4.78 is 4.67. The smallest absolute Gasteiger partial charge is 0.340 e. The van der Waals surface area contributed by atoms with Gasteiger partial charge in [0.2, 0.25) is 5.91 Å². The number of amides is 2. The van der Waals surface area contributed by atoms with Crippen LogP contribution < -0.4 is 5.32 Å². The van der Waals surface area contributed by atoms with Crippen molar-refractivity contribution in [3.63, 3.8) is 0 Å². The van der Waals surface area contributed by atoms with Crippen molar-refractivity contribution in [3.8, 4) is 0 Å². The number of hydrogen-bond acceptors (Lipinski definition) is 7. The number of thiophene rings is 1. The van der Waals surface area contributed by atoms with E-state index in [2.05, 4.69) is 20.0 Å². The third-order valence-corrected chi connectivity index (χ3v) is 4.46. The largest absolute Gasteiger partial charge is 0.465 e. The molecule has 9 heteroatoms. The fourth-order valence-electron chi connectivity index (χ4n) is 2.27. The fourth-order valence-corrected chi connectivity index (χ4v) is 3.05. The van der Waals surface area contributed by atoms with Gasteiger partial charge in [-0.05, 0) is 11.4 Å². The van der Waals surface area contributed by atoms with Gasteiger partial charge in [0.05, 0.1) is 24.8 Å². The van der Waals surface area contributed by atoms with Crippen LogP contribution in [0.2, 0.25) is 0 Å². The highest BCUT2D eigenvalue weighted by Crippen LogP contribution is 2.26. The summed E-state index contributed by atoms with van der Waals surface area (Å²) in [4.78, 5) is 45.3. The Morgan fingerprint density at radius 3 is 2.79 bits per heavy atom. The van der Waals surface area contributed by atoms with Crippen LogP contribution in [0.4, 0.5) is 5.00 Å². The quantitative estimate of drug-likeness (QED) is 0.830. The molecule has 0 radical (unpaired) electrons. The maximum absolute atomic E-state index is 12.2. The zero-order valence-corrected chi connectivity index (χ0v) is 13.6. The van der Waals surface area contributed by atoms with Crippen molar-refractivity contribution in [1.82, 2.24) is 14.9 Å². The number of hydrogen-bond donors (Lipinski definition) is 1. The van der Waals surface area contributed by atoms with Crippen LogP contribution in [0.15, 0.2) is 30.0 Å². The number of rotatable bonds is 4. The summed E-state index contributed by atoms with van der Waals surface area (Å²) in [5.41, 5.74) is 0.574. The number of esters is 1. The average Bonchev–Trinajstić information content (AvgIpc) is 3.01. The molecule has 124 valence electrons. The van der Waals surface area contributed by atoms with Gasteiger partial charge in [-0.15, -0.1) is 11.3 Å². The standard InChI is InChI=1S/C15H14N4O4S/c1-23-15(22)10-2-5-24-13(10)18-12(20)9-7-19(8-9)14(21)11-6-16-3-4-17-11/h2-6,9H,7-8H2,1H3,(H,18,20). The number of nitrogens with one attached hydrogen (secondary N) is 1. The minimum atomic E-state index is -0.500. The van der Waals surface area contributed by atoms with Crippen LogP contribution in [0.25, 0.3) is 0 Å². The first-order valence-corrected chi connectivity index (χ1v) is 8.00. The molecule has 2 amide bonds. The first-order valence-electron chi connectivity index (χ1n) is 7.12. The van der Waals surface area contributed by atoms with Crippen molar-refractivity contribution in [3.05, 3.63) is 41.3 Å². The van der Waals surface area contributed by atoms with Crippen molar-refractivity contribution in [2.24, 2.45) is 5.92 Å². The molecule has 1 saturated heterocycles. The van der Waals surface area contributed by atoms with Gasteiger partial charge in [-0.2, -0.15) is 0 Å². The molecule has 2 aromatic heterocycles. The molecule has 2 aromatic rings. The van der Waals surface area contributed by atoms with E-state index in [1.54, 1.807) is 11.4 Å². The number of anilines is 1. The molecule has 1 aliphatic rings. The van der Waals surface area contributed by atoms with Gasteiger partial charge in [-0.25, -0.2) is 9.78 Å². The van der Waals surface area contributed by atoms with Crippen LogP contribution in [-0.2, 0) is 9.53 Å². The molecule has 0 saturated carbocycles. The summed E-state index contributed by atoms with van der Waals surface area (Å²) >= 11 is 1.25. The molecule has 0 atom stereocenters. The molecular formula is C15H14N4O4S. The summed E-state index contributed by atoms with van der Waals surface area (Å²) in [6, 6.07) is 1.59. The third kappa shape index (κ3) is 3.11. The average molecular weight is 346 g/mol. The van der Waals surface area contributed by atoms with Crippen molar-refractivity contribution < 1.29 is 19.1 Å². The van der Waals surface area contributed by atoms with E-state index in [4.69, 9.17) is 0 Å². The normalized spacial score (nSPS) is 14.0. The van der Waals surface area contributed by atoms with Crippen LogP contribution >= 0.6 is 11.3 Å². The van der Waals surface area contributed by atoms with Gasteiger partial charge >= 0.3 is 5.97 Å². The predicted molar refractivity (Wildman–Crippen MR) is 85.7 cm³/mol. The second-order valence-electron chi connectivity index (χ2n) is 5.14. The zero-order chi connectivity index (χ0) is 17.1. The molecule has 24 heavy (non-hydrogen) atoms. The Hall–Kier alpha value is -2.81. The molecule has 1 N–H and O–H groups in total. The third-order valence-electron chi connectivity index (χ3n) is 3.63. The number of nitrogens with zero attached hydrogens (tertiary/aromatic N) is 3. The SMILES string of the molecule is COC(=O)c1ccsc1NC(=O)C1CN(C(=O)c2cnccn2)C1. The molecule has 0 spiro atoms. The Bertz CT molecular complexity index is 771. The maximum Gasteiger partial charge on any atom is 0.340 e. The Morgan fingerprint density at radius 2 is 2.12 bits per heavy atom. The Morgan fingerprint density at radius 1 is 1.33 bits per heavy atom. The van der Waals surface area contributed by atoms with Gasteiger partial charge in [0, 0.05) is 25.5 Å². The zero-order valence-electron chi connectivity index (χ0n) is 12.8. The first-order chi connectivity index (χ1) is 11.6. The van der Waals surface area contributed by atoms with Crippen molar-refractivity contribution in [2.45, 2.75) is 0 Å². The predicted octanol–water partition coefficient (Wildman–Crippen LogP) is 1.04. The van der Waals surface area contributed by atoms with E-state index in [1.165, 1.54) is 41.9 Å². The van der Waals surface area contributed by atoms with Crippen LogP contribution in [0.3, 0.4) is 0 Å². The van der Waals surface area contributed by atoms with E-state index in [0.29, 0.717) is 23.7 Å². The summed E-state index contributed by atoms with van der Waals surface area (Å²) in [5.74, 6) is -1.30. The lowest BCUT2D eigenvalue weighted by Crippen LogP contribution is -2.54. The molecule has 1 aliphatic heterocycles. The number of aromatic nitrogens is 2. The van der Waals surface area contributed by atoms with Gasteiger partial charge in [0.1, 0.15) is 10.7 Å². The van der Waals surface area contributed by atoms with Crippen LogP contribution in [-0.4, -0.2) is 52.9 Å². The second-order valence-corrected chi connectivity index (χ2v) is 6.06. The van der Waals surface area contributed by atoms with E-state index in [1.807, 2.05) is 0 Å². The van der Waals surface area contributed by atoms with E-state index in [0.717, 1.165) is 0 Å². The molecule has 3 heterocycles. The van der Waals surface area contributed by atoms with E-state index >= 15 is 0 Å². The Kier molecular flexibility index (Phi) is 4.52. The topological polar surface area (TPSA) is 101 Å². The van der Waals surface area contributed by atoms with Crippen molar-refractivity contribution in [1.29, 1.82) is 0 Å². The van der Waals surface area contributed by atoms with E-state index in [-0.39, 0.29) is 23.4 Å². The highest BCUT2D eigenvalue weighted by Gasteiger charge is 2.37. The molecule has 0 unspecified atom stereocenters. The van der Waals surface area contributed by atoms with Crippen LogP contribution in [0.5, 0.6) is 0 Å². The molecular weight excluding hydrogens is 332 g/mol. The van der Waals surface area contributed by atoms with Gasteiger partial charge < -0.3 is 15.0 Å². The number of ether oxygens (including phenoxy) is 1. The number of carbonyl (C=O) groups excluding carboxylic acids is 3. The highest BCUT2D eigenvalue weighted by molar-refractivity contribution is 7.14. The van der Waals surface area contributed by atoms with Crippen LogP contribution in [0, 0.1) is 5.92 Å². The summed E-state index contributed by atoms with van der Waals surface area (Å²) in [7, 11) is 1.29. The van der Waals surface area contributed by atoms with Gasteiger partial charge in [0.15, 0.2) is 0 Å². The number of carbonyl (C=O) groups is 3. The lowest BCUT2D eigenvalue weighted by molar-refractivity contribution is -0.123. The Balaban J connectivity index is 1.57. The summed E-state index contributed by atoms with van der Waals surface area (Å²) in [5, 5.41) is 4.87. The maximum atomic E-state index is 12.2. The first kappa shape index (κ1) is 16.1. The minimum Gasteiger partial charge on any atom is -0.465 e. The lowest BCUT2D eigenvalue weighted by Gasteiger charge is -2.37. The van der Waals surface area contributed by atoms with Crippen LogP contribution in [0.1, 0.15) is 20.8 Å². The molecule has 1 fully saturated rings. The number of likely N-dealkylation sites (tertiary alicyclic amines) is 1. The fraction of sp³-hybridized carbons (Fsp3) is 0.267. The second kappa shape index (κ2) is 6.75. The van der Waals surface area contributed by atoms with Crippen molar-refractivity contribution >= 4 is 34.1 Å². The summed E-state index contributed by atoms with van der Waals surface area (Å²) in [6.07, 6.45) is 4.33.